The second kappa shape index (κ2) is 8.40. The SMILES string of the molecule is c1cc2c(cc1N1CCN(c3ccc4nc(C5CCCN5)[nH]c4c3)CC1)CC([C@@H]1CCCN1)=N2. The first-order chi connectivity index (χ1) is 16.8. The molecule has 3 fully saturated rings. The number of aliphatic imine (C=N–C) groups is 1. The maximum atomic E-state index is 4.94. The molecule has 0 bridgehead atoms. The number of nitrogens with zero attached hydrogens (tertiary/aromatic N) is 4. The van der Waals surface area contributed by atoms with Crippen molar-refractivity contribution >= 4 is 33.8 Å². The van der Waals surface area contributed by atoms with Gasteiger partial charge in [-0.25, -0.2) is 4.98 Å². The van der Waals surface area contributed by atoms with E-state index in [1.165, 1.54) is 54.0 Å². The Kier molecular flexibility index (Phi) is 5.05. The second-order valence-electron chi connectivity index (χ2n) is 10.2. The Morgan fingerprint density at radius 3 is 2.24 bits per heavy atom. The summed E-state index contributed by atoms with van der Waals surface area (Å²) in [5.41, 5.74) is 8.74. The van der Waals surface area contributed by atoms with Gasteiger partial charge in [-0.1, -0.05) is 0 Å². The van der Waals surface area contributed by atoms with E-state index in [0.717, 1.165) is 62.5 Å². The first-order valence-corrected chi connectivity index (χ1v) is 13.0. The van der Waals surface area contributed by atoms with Crippen LogP contribution in [0.4, 0.5) is 17.1 Å². The van der Waals surface area contributed by atoms with Crippen LogP contribution >= 0.6 is 0 Å². The van der Waals surface area contributed by atoms with Crippen molar-refractivity contribution in [2.45, 2.75) is 44.2 Å². The van der Waals surface area contributed by atoms with Gasteiger partial charge in [-0.3, -0.25) is 4.99 Å². The lowest BCUT2D eigenvalue weighted by molar-refractivity contribution is 0.614. The van der Waals surface area contributed by atoms with Gasteiger partial charge in [0, 0.05) is 55.7 Å². The zero-order valence-corrected chi connectivity index (χ0v) is 19.7. The van der Waals surface area contributed by atoms with E-state index in [-0.39, 0.29) is 0 Å². The van der Waals surface area contributed by atoms with Crippen molar-refractivity contribution in [2.24, 2.45) is 4.99 Å². The summed E-state index contributed by atoms with van der Waals surface area (Å²) in [5.74, 6) is 1.09. The molecule has 3 aromatic rings. The van der Waals surface area contributed by atoms with Crippen LogP contribution < -0.4 is 20.4 Å². The topological polar surface area (TPSA) is 71.6 Å². The van der Waals surface area contributed by atoms with Crippen molar-refractivity contribution in [1.29, 1.82) is 0 Å². The Labute approximate surface area is 200 Å². The van der Waals surface area contributed by atoms with Crippen LogP contribution in [0.2, 0.25) is 0 Å². The number of anilines is 2. The van der Waals surface area contributed by atoms with Gasteiger partial charge in [-0.05, 0) is 80.7 Å². The van der Waals surface area contributed by atoms with Crippen LogP contribution in [0.25, 0.3) is 11.0 Å². The zero-order valence-electron chi connectivity index (χ0n) is 19.7. The van der Waals surface area contributed by atoms with Gasteiger partial charge < -0.3 is 25.4 Å². The molecule has 7 heteroatoms. The fourth-order valence-electron chi connectivity index (χ4n) is 6.10. The average Bonchev–Trinajstić information content (AvgIpc) is 3.69. The van der Waals surface area contributed by atoms with E-state index in [0.29, 0.717) is 12.1 Å². The molecule has 3 N–H and O–H groups in total. The molecule has 0 amide bonds. The molecule has 3 saturated heterocycles. The standard InChI is InChI=1S/C27H33N7/c1-3-22(28-9-1)25-16-18-15-19(5-7-21(18)30-25)33-11-13-34(14-12-33)20-6-8-23-26(17-20)32-27(31-23)24-4-2-10-29-24/h5-8,15,17,22,24,28-29H,1-4,9-14,16H2,(H,31,32)/t22-,24?/m0/s1. The number of piperazine rings is 1. The van der Waals surface area contributed by atoms with Gasteiger partial charge in [-0.2, -0.15) is 0 Å². The average molecular weight is 456 g/mol. The number of H-pyrrole nitrogens is 1. The summed E-state index contributed by atoms with van der Waals surface area (Å²) in [5, 5.41) is 7.15. The van der Waals surface area contributed by atoms with Gasteiger partial charge >= 0.3 is 0 Å². The lowest BCUT2D eigenvalue weighted by Crippen LogP contribution is -2.46. The molecular formula is C27H33N7. The third kappa shape index (κ3) is 3.67. The number of imidazole rings is 1. The number of hydrogen-bond donors (Lipinski definition) is 3. The van der Waals surface area contributed by atoms with Gasteiger partial charge in [0.2, 0.25) is 0 Å². The zero-order chi connectivity index (χ0) is 22.5. The Bertz CT molecular complexity index is 1230. The largest absolute Gasteiger partial charge is 0.368 e. The van der Waals surface area contributed by atoms with Crippen molar-refractivity contribution in [3.05, 3.63) is 47.8 Å². The molecule has 34 heavy (non-hydrogen) atoms. The summed E-state index contributed by atoms with van der Waals surface area (Å²) in [6.45, 7) is 6.35. The van der Waals surface area contributed by atoms with Gasteiger partial charge in [-0.15, -0.1) is 0 Å². The molecular weight excluding hydrogens is 422 g/mol. The molecule has 2 atom stereocenters. The molecule has 1 unspecified atom stereocenters. The smallest absolute Gasteiger partial charge is 0.124 e. The summed E-state index contributed by atoms with van der Waals surface area (Å²) in [7, 11) is 0. The van der Waals surface area contributed by atoms with E-state index in [1.807, 2.05) is 0 Å². The molecule has 0 spiro atoms. The molecule has 7 rings (SSSR count). The van der Waals surface area contributed by atoms with Crippen molar-refractivity contribution in [2.75, 3.05) is 49.1 Å². The van der Waals surface area contributed by atoms with Crippen molar-refractivity contribution in [3.63, 3.8) is 0 Å². The second-order valence-corrected chi connectivity index (χ2v) is 10.2. The third-order valence-electron chi connectivity index (χ3n) is 8.05. The number of rotatable bonds is 4. The van der Waals surface area contributed by atoms with Crippen LogP contribution in [0.15, 0.2) is 41.4 Å². The van der Waals surface area contributed by atoms with Gasteiger partial charge in [0.1, 0.15) is 5.82 Å². The summed E-state index contributed by atoms with van der Waals surface area (Å²) in [4.78, 5) is 18.4. The van der Waals surface area contributed by atoms with Crippen LogP contribution in [0.5, 0.6) is 0 Å². The molecule has 0 saturated carbocycles. The number of fused-ring (bicyclic) bond motifs is 2. The van der Waals surface area contributed by atoms with Gasteiger partial charge in [0.25, 0.3) is 0 Å². The maximum absolute atomic E-state index is 4.94. The van der Waals surface area contributed by atoms with Crippen LogP contribution in [-0.2, 0) is 6.42 Å². The molecule has 176 valence electrons. The predicted octanol–water partition coefficient (Wildman–Crippen LogP) is 3.69. The number of nitrogens with one attached hydrogen (secondary N) is 3. The normalized spacial score (nSPS) is 24.8. The van der Waals surface area contributed by atoms with Gasteiger partial charge in [0.05, 0.1) is 22.8 Å². The Morgan fingerprint density at radius 1 is 0.794 bits per heavy atom. The Balaban J connectivity index is 1.02. The highest BCUT2D eigenvalue weighted by molar-refractivity contribution is 5.98. The summed E-state index contributed by atoms with van der Waals surface area (Å²) >= 11 is 0. The van der Waals surface area contributed by atoms with E-state index in [1.54, 1.807) is 0 Å². The Hall–Kier alpha value is -2.90. The van der Waals surface area contributed by atoms with E-state index in [2.05, 4.69) is 61.8 Å². The van der Waals surface area contributed by atoms with Crippen LogP contribution in [0, 0.1) is 0 Å². The fourth-order valence-corrected chi connectivity index (χ4v) is 6.10. The lowest BCUT2D eigenvalue weighted by Gasteiger charge is -2.37. The monoisotopic (exact) mass is 455 g/mol. The van der Waals surface area contributed by atoms with Crippen molar-refractivity contribution in [1.82, 2.24) is 20.6 Å². The highest BCUT2D eigenvalue weighted by Crippen LogP contribution is 2.33. The van der Waals surface area contributed by atoms with Crippen LogP contribution in [-0.4, -0.2) is 61.0 Å². The fraction of sp³-hybridized carbons (Fsp3) is 0.481. The summed E-state index contributed by atoms with van der Waals surface area (Å²) in [6, 6.07) is 14.4. The highest BCUT2D eigenvalue weighted by atomic mass is 15.3. The number of hydrogen-bond acceptors (Lipinski definition) is 6. The van der Waals surface area contributed by atoms with E-state index < -0.39 is 0 Å². The predicted molar refractivity (Wildman–Crippen MR) is 139 cm³/mol. The van der Waals surface area contributed by atoms with Crippen LogP contribution in [0.3, 0.4) is 0 Å². The molecule has 4 aliphatic rings. The molecule has 4 aliphatic heterocycles. The molecule has 1 aromatic heterocycles. The quantitative estimate of drug-likeness (QED) is 0.560. The number of aromatic amines is 1. The highest BCUT2D eigenvalue weighted by Gasteiger charge is 2.26. The van der Waals surface area contributed by atoms with Crippen LogP contribution in [0.1, 0.15) is 43.1 Å². The first kappa shape index (κ1) is 20.5. The van der Waals surface area contributed by atoms with E-state index in [4.69, 9.17) is 9.98 Å². The minimum absolute atomic E-state index is 0.377. The van der Waals surface area contributed by atoms with Crippen molar-refractivity contribution < 1.29 is 0 Å². The Morgan fingerprint density at radius 2 is 1.50 bits per heavy atom. The molecule has 2 aromatic carbocycles. The third-order valence-corrected chi connectivity index (χ3v) is 8.05. The van der Waals surface area contributed by atoms with Gasteiger partial charge in [0.15, 0.2) is 0 Å². The molecule has 0 radical (unpaired) electrons. The minimum Gasteiger partial charge on any atom is -0.368 e. The maximum Gasteiger partial charge on any atom is 0.124 e. The van der Waals surface area contributed by atoms with E-state index >= 15 is 0 Å². The lowest BCUT2D eigenvalue weighted by atomic mass is 10.0. The number of aromatic nitrogens is 2. The number of benzene rings is 2. The minimum atomic E-state index is 0.377. The molecule has 0 aliphatic carbocycles. The summed E-state index contributed by atoms with van der Waals surface area (Å²) < 4.78 is 0. The molecule has 7 nitrogen and oxygen atoms in total. The summed E-state index contributed by atoms with van der Waals surface area (Å²) in [6.07, 6.45) is 5.89. The first-order valence-electron chi connectivity index (χ1n) is 13.0. The molecule has 5 heterocycles. The van der Waals surface area contributed by atoms with E-state index in [9.17, 15) is 0 Å². The van der Waals surface area contributed by atoms with Crippen molar-refractivity contribution in [3.8, 4) is 0 Å².